The standard InChI is InChI=1S/C25H32N2O7.ClH/c1-30-20-7-6-17(14-21(20)31-2)19(28)8-9-26-10-12-27(13-11-26)25(29)18-15-22(32-3)24(34-5)23(16-18)33-4;/h6-7,14-16H,8-13H2,1-5H3;1H. The molecule has 1 aliphatic heterocycles. The van der Waals surface area contributed by atoms with Gasteiger partial charge in [0, 0.05) is 11.1 Å². The summed E-state index contributed by atoms with van der Waals surface area (Å²) < 4.78 is 26.6. The van der Waals surface area contributed by atoms with E-state index in [0.29, 0.717) is 65.9 Å². The van der Waals surface area contributed by atoms with Crippen LogP contribution in [0.2, 0.25) is 0 Å². The monoisotopic (exact) mass is 508 g/mol. The number of hydrogen-bond donors (Lipinski definition) is 1. The van der Waals surface area contributed by atoms with Crippen molar-refractivity contribution < 1.29 is 50.6 Å². The third kappa shape index (κ3) is 6.49. The van der Waals surface area contributed by atoms with E-state index in [4.69, 9.17) is 23.7 Å². The van der Waals surface area contributed by atoms with E-state index in [1.165, 1.54) is 26.2 Å². The fraction of sp³-hybridized carbons (Fsp3) is 0.440. The maximum Gasteiger partial charge on any atom is 0.254 e. The van der Waals surface area contributed by atoms with Crippen LogP contribution in [0.25, 0.3) is 0 Å². The Morgan fingerprint density at radius 3 is 1.83 bits per heavy atom. The highest BCUT2D eigenvalue weighted by Crippen LogP contribution is 2.38. The quantitative estimate of drug-likeness (QED) is 0.385. The maximum absolute atomic E-state index is 13.1. The van der Waals surface area contributed by atoms with Gasteiger partial charge >= 0.3 is 0 Å². The second-order valence-corrected chi connectivity index (χ2v) is 7.95. The molecule has 0 bridgehead atoms. The first-order valence-corrected chi connectivity index (χ1v) is 11.1. The summed E-state index contributed by atoms with van der Waals surface area (Å²) >= 11 is 0. The molecule has 1 amide bonds. The van der Waals surface area contributed by atoms with Crippen molar-refractivity contribution in [3.8, 4) is 28.7 Å². The van der Waals surface area contributed by atoms with Gasteiger partial charge in [-0.15, -0.1) is 0 Å². The number of ether oxygens (including phenoxy) is 5. The lowest BCUT2D eigenvalue weighted by Crippen LogP contribution is -3.14. The van der Waals surface area contributed by atoms with E-state index < -0.39 is 0 Å². The van der Waals surface area contributed by atoms with Gasteiger partial charge in [-0.3, -0.25) is 9.59 Å². The number of amides is 1. The Morgan fingerprint density at radius 1 is 0.771 bits per heavy atom. The molecule has 1 fully saturated rings. The lowest BCUT2D eigenvalue weighted by Gasteiger charge is -2.32. The van der Waals surface area contributed by atoms with Crippen molar-refractivity contribution >= 4 is 11.7 Å². The van der Waals surface area contributed by atoms with Gasteiger partial charge in [-0.2, -0.15) is 0 Å². The fourth-order valence-corrected chi connectivity index (χ4v) is 4.11. The van der Waals surface area contributed by atoms with Gasteiger partial charge in [-0.1, -0.05) is 0 Å². The molecule has 1 aliphatic rings. The number of ketones is 1. The van der Waals surface area contributed by atoms with Crippen molar-refractivity contribution in [1.29, 1.82) is 0 Å². The first kappa shape index (κ1) is 28.1. The first-order chi connectivity index (χ1) is 16.4. The fourth-order valence-electron chi connectivity index (χ4n) is 4.11. The van der Waals surface area contributed by atoms with Gasteiger partial charge < -0.3 is 45.9 Å². The van der Waals surface area contributed by atoms with Crippen LogP contribution in [0.15, 0.2) is 30.3 Å². The normalized spacial score (nSPS) is 13.5. The van der Waals surface area contributed by atoms with Gasteiger partial charge in [0.25, 0.3) is 5.91 Å². The van der Waals surface area contributed by atoms with Crippen LogP contribution in [0.5, 0.6) is 28.7 Å². The van der Waals surface area contributed by atoms with Crippen LogP contribution in [0.3, 0.4) is 0 Å². The summed E-state index contributed by atoms with van der Waals surface area (Å²) in [6.07, 6.45) is 0.422. The molecule has 1 saturated heterocycles. The van der Waals surface area contributed by atoms with Gasteiger partial charge in [0.15, 0.2) is 28.8 Å². The third-order valence-corrected chi connectivity index (χ3v) is 6.08. The van der Waals surface area contributed by atoms with Crippen LogP contribution in [0, 0.1) is 0 Å². The lowest BCUT2D eigenvalue weighted by atomic mass is 10.1. The molecular formula is C25H33ClN2O7. The van der Waals surface area contributed by atoms with Gasteiger partial charge in [0.05, 0.1) is 74.7 Å². The Labute approximate surface area is 212 Å². The molecule has 1 N–H and O–H groups in total. The van der Waals surface area contributed by atoms with Gasteiger partial charge in [0.2, 0.25) is 5.75 Å². The van der Waals surface area contributed by atoms with Crippen LogP contribution in [-0.2, 0) is 0 Å². The molecule has 0 unspecified atom stereocenters. The number of nitrogens with one attached hydrogen (secondary N) is 1. The Hall–Kier alpha value is -3.17. The molecule has 0 aliphatic carbocycles. The van der Waals surface area contributed by atoms with Crippen LogP contribution in [0.4, 0.5) is 0 Å². The molecule has 10 heteroatoms. The molecule has 192 valence electrons. The number of quaternary nitrogens is 1. The molecular weight excluding hydrogens is 476 g/mol. The number of nitrogens with zero attached hydrogens (tertiary/aromatic N) is 1. The number of Topliss-reactive ketones (excluding diaryl/α,β-unsaturated/α-hetero) is 1. The molecule has 0 atom stereocenters. The Kier molecular flexibility index (Phi) is 10.5. The summed E-state index contributed by atoms with van der Waals surface area (Å²) in [4.78, 5) is 28.9. The summed E-state index contributed by atoms with van der Waals surface area (Å²) in [6.45, 7) is 3.47. The van der Waals surface area contributed by atoms with Crippen molar-refractivity contribution in [2.24, 2.45) is 0 Å². The molecule has 2 aromatic carbocycles. The molecule has 2 aromatic rings. The van der Waals surface area contributed by atoms with E-state index in [2.05, 4.69) is 0 Å². The Morgan fingerprint density at radius 2 is 1.31 bits per heavy atom. The molecule has 3 rings (SSSR count). The van der Waals surface area contributed by atoms with E-state index in [1.54, 1.807) is 44.6 Å². The summed E-state index contributed by atoms with van der Waals surface area (Å²) in [5.74, 6) is 2.46. The minimum Gasteiger partial charge on any atom is -1.00 e. The third-order valence-electron chi connectivity index (χ3n) is 6.08. The highest BCUT2D eigenvalue weighted by atomic mass is 35.5. The average Bonchev–Trinajstić information content (AvgIpc) is 2.90. The van der Waals surface area contributed by atoms with Crippen LogP contribution >= 0.6 is 0 Å². The highest BCUT2D eigenvalue weighted by Gasteiger charge is 2.27. The van der Waals surface area contributed by atoms with E-state index in [0.717, 1.165) is 13.1 Å². The van der Waals surface area contributed by atoms with Gasteiger partial charge in [0.1, 0.15) is 0 Å². The Bertz CT molecular complexity index is 998. The van der Waals surface area contributed by atoms with Crippen LogP contribution in [0.1, 0.15) is 27.1 Å². The molecule has 35 heavy (non-hydrogen) atoms. The first-order valence-electron chi connectivity index (χ1n) is 11.1. The molecule has 0 aromatic heterocycles. The number of methoxy groups -OCH3 is 5. The molecule has 0 saturated carbocycles. The van der Waals surface area contributed by atoms with Crippen molar-refractivity contribution in [2.75, 3.05) is 68.3 Å². The van der Waals surface area contributed by atoms with Crippen molar-refractivity contribution in [3.05, 3.63) is 41.5 Å². The zero-order chi connectivity index (χ0) is 24.7. The summed E-state index contributed by atoms with van der Waals surface area (Å²) in [5.41, 5.74) is 1.09. The maximum atomic E-state index is 13.1. The smallest absolute Gasteiger partial charge is 0.254 e. The topological polar surface area (TPSA) is 88.0 Å². The SMILES string of the molecule is COc1ccc(C(=O)CC[NH+]2CCN(C(=O)c3cc(OC)c(OC)c(OC)c3)CC2)cc1OC.[Cl-]. The number of piperazine rings is 1. The van der Waals surface area contributed by atoms with E-state index in [-0.39, 0.29) is 24.1 Å². The van der Waals surface area contributed by atoms with Crippen LogP contribution < -0.4 is 41.0 Å². The van der Waals surface area contributed by atoms with Gasteiger partial charge in [-0.05, 0) is 30.3 Å². The molecule has 0 radical (unpaired) electrons. The molecule has 1 heterocycles. The second kappa shape index (κ2) is 13.1. The van der Waals surface area contributed by atoms with Crippen molar-refractivity contribution in [1.82, 2.24) is 4.90 Å². The summed E-state index contributed by atoms with van der Waals surface area (Å²) in [7, 11) is 7.69. The summed E-state index contributed by atoms with van der Waals surface area (Å²) in [6, 6.07) is 8.55. The number of halogens is 1. The molecule has 9 nitrogen and oxygen atoms in total. The number of carbonyl (C=O) groups excluding carboxylic acids is 2. The predicted molar refractivity (Wildman–Crippen MR) is 126 cm³/mol. The highest BCUT2D eigenvalue weighted by molar-refractivity contribution is 5.97. The number of hydrogen-bond acceptors (Lipinski definition) is 7. The van der Waals surface area contributed by atoms with Crippen LogP contribution in [-0.4, -0.2) is 84.9 Å². The van der Waals surface area contributed by atoms with E-state index >= 15 is 0 Å². The number of benzene rings is 2. The largest absolute Gasteiger partial charge is 1.00 e. The second-order valence-electron chi connectivity index (χ2n) is 7.95. The number of rotatable bonds is 10. The zero-order valence-electron chi connectivity index (χ0n) is 20.8. The molecule has 0 spiro atoms. The minimum absolute atomic E-state index is 0. The number of carbonyl (C=O) groups is 2. The predicted octanol–water partition coefficient (Wildman–Crippen LogP) is -1.65. The van der Waals surface area contributed by atoms with Crippen molar-refractivity contribution in [3.63, 3.8) is 0 Å². The lowest BCUT2D eigenvalue weighted by molar-refractivity contribution is -0.903. The minimum atomic E-state index is -0.0836. The zero-order valence-corrected chi connectivity index (χ0v) is 21.6. The van der Waals surface area contributed by atoms with E-state index in [1.807, 2.05) is 4.90 Å². The Balaban J connectivity index is 0.00000432. The average molecular weight is 509 g/mol. The van der Waals surface area contributed by atoms with Gasteiger partial charge in [-0.25, -0.2) is 0 Å². The summed E-state index contributed by atoms with van der Waals surface area (Å²) in [5, 5.41) is 0. The van der Waals surface area contributed by atoms with E-state index in [9.17, 15) is 9.59 Å². The van der Waals surface area contributed by atoms with Crippen molar-refractivity contribution in [2.45, 2.75) is 6.42 Å².